The van der Waals surface area contributed by atoms with Gasteiger partial charge in [-0.1, -0.05) is 0 Å². The van der Waals surface area contributed by atoms with Gasteiger partial charge in [-0.25, -0.2) is 0 Å². The molecule has 0 bridgehead atoms. The fourth-order valence-corrected chi connectivity index (χ4v) is 2.77. The molecular weight excluding hydrogens is 256 g/mol. The van der Waals surface area contributed by atoms with Crippen molar-refractivity contribution in [2.75, 3.05) is 55.5 Å². The lowest BCUT2D eigenvalue weighted by molar-refractivity contribution is 0.121. The number of hydrogen-bond acceptors (Lipinski definition) is 7. The lowest BCUT2D eigenvalue weighted by Crippen LogP contribution is -2.27. The predicted octanol–water partition coefficient (Wildman–Crippen LogP) is 0.739. The maximum Gasteiger partial charge on any atom is 0.232 e. The van der Waals surface area contributed by atoms with Crippen LogP contribution in [0.15, 0.2) is 0 Å². The van der Waals surface area contributed by atoms with E-state index >= 15 is 0 Å². The predicted molar refractivity (Wildman–Crippen MR) is 78.4 cm³/mol. The average Bonchev–Trinajstić information content (AvgIpc) is 3.17. The van der Waals surface area contributed by atoms with E-state index in [9.17, 15) is 0 Å². The topological polar surface area (TPSA) is 66.4 Å². The van der Waals surface area contributed by atoms with E-state index in [0.29, 0.717) is 5.95 Å². The highest BCUT2D eigenvalue weighted by Gasteiger charge is 2.26. The molecule has 2 aliphatic heterocycles. The van der Waals surface area contributed by atoms with Crippen LogP contribution >= 0.6 is 0 Å². The molecule has 0 spiro atoms. The zero-order valence-electron chi connectivity index (χ0n) is 12.2. The molecule has 0 radical (unpaired) electrons. The van der Waals surface area contributed by atoms with Gasteiger partial charge in [0.25, 0.3) is 0 Å². The fourth-order valence-electron chi connectivity index (χ4n) is 2.77. The van der Waals surface area contributed by atoms with Crippen molar-refractivity contribution >= 4 is 17.8 Å². The number of nitrogens with one attached hydrogen (secondary N) is 1. The smallest absolute Gasteiger partial charge is 0.232 e. The summed E-state index contributed by atoms with van der Waals surface area (Å²) in [6, 6.07) is 0. The molecule has 1 unspecified atom stereocenters. The Hall–Kier alpha value is -1.63. The SMILES string of the molecule is CNc1nc(N2CCCC2)nc(N2CCC(OC)C2)n1. The summed E-state index contributed by atoms with van der Waals surface area (Å²) in [7, 11) is 3.60. The van der Waals surface area contributed by atoms with Gasteiger partial charge < -0.3 is 19.9 Å². The van der Waals surface area contributed by atoms with Gasteiger partial charge in [-0.3, -0.25) is 0 Å². The van der Waals surface area contributed by atoms with Gasteiger partial charge in [0.2, 0.25) is 17.8 Å². The number of aromatic nitrogens is 3. The van der Waals surface area contributed by atoms with Crippen LogP contribution in [0.5, 0.6) is 0 Å². The standard InChI is InChI=1S/C13H22N6O/c1-14-11-15-12(18-6-3-4-7-18)17-13(16-11)19-8-5-10(9-19)20-2/h10H,3-9H2,1-2H3,(H,14,15,16,17). The van der Waals surface area contributed by atoms with Crippen LogP contribution in [0, 0.1) is 0 Å². The van der Waals surface area contributed by atoms with Gasteiger partial charge in [0, 0.05) is 40.3 Å². The van der Waals surface area contributed by atoms with Gasteiger partial charge in [-0.2, -0.15) is 15.0 Å². The Morgan fingerprint density at radius 3 is 2.35 bits per heavy atom. The Labute approximate surface area is 119 Å². The van der Waals surface area contributed by atoms with Crippen molar-refractivity contribution in [1.82, 2.24) is 15.0 Å². The summed E-state index contributed by atoms with van der Waals surface area (Å²) >= 11 is 0. The van der Waals surface area contributed by atoms with Gasteiger partial charge in [-0.15, -0.1) is 0 Å². The quantitative estimate of drug-likeness (QED) is 0.871. The molecule has 2 saturated heterocycles. The van der Waals surface area contributed by atoms with Crippen LogP contribution in [0.4, 0.5) is 17.8 Å². The molecule has 110 valence electrons. The second kappa shape index (κ2) is 5.78. The molecule has 1 aromatic rings. The lowest BCUT2D eigenvalue weighted by atomic mass is 10.3. The first kappa shape index (κ1) is 13.4. The van der Waals surface area contributed by atoms with Crippen molar-refractivity contribution in [3.8, 4) is 0 Å². The third-order valence-corrected chi connectivity index (χ3v) is 3.99. The van der Waals surface area contributed by atoms with Crippen LogP contribution in [0.2, 0.25) is 0 Å². The fraction of sp³-hybridized carbons (Fsp3) is 0.769. The van der Waals surface area contributed by atoms with Crippen molar-refractivity contribution in [3.05, 3.63) is 0 Å². The van der Waals surface area contributed by atoms with Crippen LogP contribution in [0.25, 0.3) is 0 Å². The van der Waals surface area contributed by atoms with Crippen molar-refractivity contribution < 1.29 is 4.74 Å². The van der Waals surface area contributed by atoms with Crippen molar-refractivity contribution in [1.29, 1.82) is 0 Å². The monoisotopic (exact) mass is 278 g/mol. The zero-order valence-corrected chi connectivity index (χ0v) is 12.2. The minimum absolute atomic E-state index is 0.278. The first-order chi connectivity index (χ1) is 9.80. The van der Waals surface area contributed by atoms with E-state index in [-0.39, 0.29) is 6.10 Å². The highest BCUT2D eigenvalue weighted by Crippen LogP contribution is 2.23. The molecule has 2 fully saturated rings. The van der Waals surface area contributed by atoms with Gasteiger partial charge >= 0.3 is 0 Å². The molecule has 7 nitrogen and oxygen atoms in total. The largest absolute Gasteiger partial charge is 0.380 e. The van der Waals surface area contributed by atoms with E-state index in [1.807, 2.05) is 7.05 Å². The first-order valence-electron chi connectivity index (χ1n) is 7.26. The highest BCUT2D eigenvalue weighted by atomic mass is 16.5. The second-order valence-corrected chi connectivity index (χ2v) is 5.30. The highest BCUT2D eigenvalue weighted by molar-refractivity contribution is 5.46. The molecule has 1 aromatic heterocycles. The molecule has 20 heavy (non-hydrogen) atoms. The van der Waals surface area contributed by atoms with E-state index in [1.54, 1.807) is 7.11 Å². The summed E-state index contributed by atoms with van der Waals surface area (Å²) in [6.45, 7) is 3.86. The van der Waals surface area contributed by atoms with Crippen molar-refractivity contribution in [2.45, 2.75) is 25.4 Å². The Morgan fingerprint density at radius 2 is 1.75 bits per heavy atom. The van der Waals surface area contributed by atoms with Crippen molar-refractivity contribution in [2.24, 2.45) is 0 Å². The summed E-state index contributed by atoms with van der Waals surface area (Å²) in [5, 5.41) is 3.03. The third-order valence-electron chi connectivity index (χ3n) is 3.99. The van der Waals surface area contributed by atoms with Crippen molar-refractivity contribution in [3.63, 3.8) is 0 Å². The molecule has 1 N–H and O–H groups in total. The van der Waals surface area contributed by atoms with E-state index in [0.717, 1.165) is 44.5 Å². The Kier molecular flexibility index (Phi) is 3.86. The minimum atomic E-state index is 0.278. The summed E-state index contributed by atoms with van der Waals surface area (Å²) < 4.78 is 5.41. The number of ether oxygens (including phenoxy) is 1. The van der Waals surface area contributed by atoms with Gasteiger partial charge in [0.15, 0.2) is 0 Å². The Bertz CT molecular complexity index is 462. The van der Waals surface area contributed by atoms with Gasteiger partial charge in [0.05, 0.1) is 6.10 Å². The number of methoxy groups -OCH3 is 1. The lowest BCUT2D eigenvalue weighted by Gasteiger charge is -2.20. The van der Waals surface area contributed by atoms with E-state index < -0.39 is 0 Å². The second-order valence-electron chi connectivity index (χ2n) is 5.30. The van der Waals surface area contributed by atoms with Gasteiger partial charge in [-0.05, 0) is 19.3 Å². The number of rotatable bonds is 4. The molecule has 3 rings (SSSR count). The minimum Gasteiger partial charge on any atom is -0.380 e. The van der Waals surface area contributed by atoms with Crippen LogP contribution in [-0.4, -0.2) is 61.4 Å². The molecule has 0 aromatic carbocycles. The summed E-state index contributed by atoms with van der Waals surface area (Å²) in [5.41, 5.74) is 0. The summed E-state index contributed by atoms with van der Waals surface area (Å²) in [5.74, 6) is 2.18. The van der Waals surface area contributed by atoms with Crippen LogP contribution in [0.1, 0.15) is 19.3 Å². The number of nitrogens with zero attached hydrogens (tertiary/aromatic N) is 5. The van der Waals surface area contributed by atoms with Gasteiger partial charge in [0.1, 0.15) is 0 Å². The summed E-state index contributed by atoms with van der Waals surface area (Å²) in [4.78, 5) is 18.0. The number of hydrogen-bond donors (Lipinski definition) is 1. The maximum absolute atomic E-state index is 5.41. The van der Waals surface area contributed by atoms with Crippen LogP contribution in [-0.2, 0) is 4.74 Å². The molecule has 1 atom stereocenters. The molecule has 3 heterocycles. The molecular formula is C13H22N6O. The maximum atomic E-state index is 5.41. The summed E-state index contributed by atoms with van der Waals surface area (Å²) in [6.07, 6.45) is 3.73. The Morgan fingerprint density at radius 1 is 1.05 bits per heavy atom. The first-order valence-corrected chi connectivity index (χ1v) is 7.26. The molecule has 0 amide bonds. The normalized spacial score (nSPS) is 22.6. The van der Waals surface area contributed by atoms with E-state index in [1.165, 1.54) is 12.8 Å². The number of anilines is 3. The van der Waals surface area contributed by atoms with Crippen LogP contribution < -0.4 is 15.1 Å². The molecule has 0 aliphatic carbocycles. The average molecular weight is 278 g/mol. The molecule has 2 aliphatic rings. The van der Waals surface area contributed by atoms with Crippen LogP contribution in [0.3, 0.4) is 0 Å². The third kappa shape index (κ3) is 2.63. The van der Waals surface area contributed by atoms with E-state index in [2.05, 4.69) is 30.1 Å². The Balaban J connectivity index is 1.84. The van der Waals surface area contributed by atoms with E-state index in [4.69, 9.17) is 4.74 Å². The zero-order chi connectivity index (χ0) is 13.9. The molecule has 7 heteroatoms. The molecule has 0 saturated carbocycles.